The highest BCUT2D eigenvalue weighted by Gasteiger charge is 2.26. The van der Waals surface area contributed by atoms with Gasteiger partial charge in [0.25, 0.3) is 0 Å². The normalized spacial score (nSPS) is 24.0. The number of aromatic nitrogens is 1. The van der Waals surface area contributed by atoms with Crippen LogP contribution in [0.3, 0.4) is 0 Å². The molecule has 0 aliphatic carbocycles. The summed E-state index contributed by atoms with van der Waals surface area (Å²) in [6.07, 6.45) is 1.33. The van der Waals surface area contributed by atoms with Gasteiger partial charge in [-0.15, -0.1) is 11.3 Å². The second-order valence-electron chi connectivity index (χ2n) is 3.68. The second kappa shape index (κ2) is 4.64. The first-order valence-corrected chi connectivity index (χ1v) is 7.01. The lowest BCUT2D eigenvalue weighted by atomic mass is 9.97. The summed E-state index contributed by atoms with van der Waals surface area (Å²) in [5, 5.41) is 6.77. The van der Waals surface area contributed by atoms with Gasteiger partial charge in [-0.1, -0.05) is 0 Å². The SMILES string of the molecule is CNC(c1csc(C)n1)C1CCSC1. The Morgan fingerprint density at radius 2 is 2.50 bits per heavy atom. The van der Waals surface area contributed by atoms with Gasteiger partial charge >= 0.3 is 0 Å². The van der Waals surface area contributed by atoms with Crippen molar-refractivity contribution in [1.82, 2.24) is 10.3 Å². The van der Waals surface area contributed by atoms with Crippen LogP contribution in [0.15, 0.2) is 5.38 Å². The molecule has 0 aromatic carbocycles. The lowest BCUT2D eigenvalue weighted by Gasteiger charge is -2.20. The molecule has 78 valence electrons. The highest BCUT2D eigenvalue weighted by atomic mass is 32.2. The van der Waals surface area contributed by atoms with Crippen molar-refractivity contribution in [2.45, 2.75) is 19.4 Å². The Morgan fingerprint density at radius 1 is 1.64 bits per heavy atom. The van der Waals surface area contributed by atoms with Gasteiger partial charge in [0.15, 0.2) is 0 Å². The standard InChI is InChI=1S/C10H16N2S2/c1-7-12-9(6-14-7)10(11-2)8-3-4-13-5-8/h6,8,10-11H,3-5H2,1-2H3. The van der Waals surface area contributed by atoms with Crippen molar-refractivity contribution >= 4 is 23.1 Å². The zero-order valence-electron chi connectivity index (χ0n) is 8.62. The fourth-order valence-corrected chi connectivity index (χ4v) is 3.91. The van der Waals surface area contributed by atoms with E-state index in [9.17, 15) is 0 Å². The van der Waals surface area contributed by atoms with Crippen LogP contribution in [-0.4, -0.2) is 23.5 Å². The molecule has 2 rings (SSSR count). The van der Waals surface area contributed by atoms with Crippen molar-refractivity contribution in [3.63, 3.8) is 0 Å². The highest BCUT2D eigenvalue weighted by Crippen LogP contribution is 2.34. The topological polar surface area (TPSA) is 24.9 Å². The molecule has 14 heavy (non-hydrogen) atoms. The number of thioether (sulfide) groups is 1. The van der Waals surface area contributed by atoms with E-state index in [0.29, 0.717) is 6.04 Å². The molecule has 2 unspecified atom stereocenters. The van der Waals surface area contributed by atoms with Crippen molar-refractivity contribution in [2.24, 2.45) is 5.92 Å². The van der Waals surface area contributed by atoms with Crippen LogP contribution in [0, 0.1) is 12.8 Å². The van der Waals surface area contributed by atoms with Crippen LogP contribution in [0.4, 0.5) is 0 Å². The molecule has 1 fully saturated rings. The Bertz CT molecular complexity index is 292. The molecule has 1 aliphatic heterocycles. The highest BCUT2D eigenvalue weighted by molar-refractivity contribution is 7.99. The summed E-state index contributed by atoms with van der Waals surface area (Å²) in [5.74, 6) is 3.36. The van der Waals surface area contributed by atoms with E-state index in [-0.39, 0.29) is 0 Å². The summed E-state index contributed by atoms with van der Waals surface area (Å²) in [5.41, 5.74) is 1.24. The average molecular weight is 228 g/mol. The third-order valence-electron chi connectivity index (χ3n) is 2.70. The van der Waals surface area contributed by atoms with Crippen LogP contribution in [0.25, 0.3) is 0 Å². The Labute approximate surface area is 93.5 Å². The molecule has 0 saturated carbocycles. The van der Waals surface area contributed by atoms with Crippen LogP contribution in [0.1, 0.15) is 23.2 Å². The van der Waals surface area contributed by atoms with Crippen molar-refractivity contribution in [2.75, 3.05) is 18.6 Å². The molecule has 1 saturated heterocycles. The van der Waals surface area contributed by atoms with Crippen LogP contribution >= 0.6 is 23.1 Å². The van der Waals surface area contributed by atoms with E-state index in [0.717, 1.165) is 5.92 Å². The van der Waals surface area contributed by atoms with E-state index in [1.165, 1.54) is 28.6 Å². The predicted octanol–water partition coefficient (Wildman–Crippen LogP) is 2.47. The van der Waals surface area contributed by atoms with E-state index in [1.54, 1.807) is 11.3 Å². The van der Waals surface area contributed by atoms with Crippen LogP contribution in [0.5, 0.6) is 0 Å². The fraction of sp³-hybridized carbons (Fsp3) is 0.700. The maximum atomic E-state index is 4.57. The van der Waals surface area contributed by atoms with E-state index in [4.69, 9.17) is 0 Å². The summed E-state index contributed by atoms with van der Waals surface area (Å²) < 4.78 is 0. The Hall–Kier alpha value is -0.0600. The third kappa shape index (κ3) is 2.12. The Morgan fingerprint density at radius 3 is 3.00 bits per heavy atom. The second-order valence-corrected chi connectivity index (χ2v) is 5.89. The van der Waals surface area contributed by atoms with Crippen molar-refractivity contribution in [1.29, 1.82) is 0 Å². The van der Waals surface area contributed by atoms with E-state index < -0.39 is 0 Å². The number of hydrogen-bond donors (Lipinski definition) is 1. The summed E-state index contributed by atoms with van der Waals surface area (Å²) in [6.45, 7) is 2.07. The summed E-state index contributed by atoms with van der Waals surface area (Å²) in [6, 6.07) is 0.468. The van der Waals surface area contributed by atoms with Crippen LogP contribution in [0.2, 0.25) is 0 Å². The molecule has 2 atom stereocenters. The first kappa shape index (κ1) is 10.5. The molecule has 0 spiro atoms. The predicted molar refractivity (Wildman–Crippen MR) is 64.1 cm³/mol. The zero-order valence-corrected chi connectivity index (χ0v) is 10.3. The maximum Gasteiger partial charge on any atom is 0.0898 e. The Balaban J connectivity index is 2.12. The molecule has 0 bridgehead atoms. The molecule has 0 amide bonds. The van der Waals surface area contributed by atoms with Gasteiger partial charge in [0, 0.05) is 5.38 Å². The number of hydrogen-bond acceptors (Lipinski definition) is 4. The van der Waals surface area contributed by atoms with Gasteiger partial charge in [-0.05, 0) is 37.8 Å². The lowest BCUT2D eigenvalue weighted by molar-refractivity contribution is 0.412. The number of thiazole rings is 1. The van der Waals surface area contributed by atoms with Gasteiger partial charge in [-0.2, -0.15) is 11.8 Å². The summed E-state index contributed by atoms with van der Waals surface area (Å²) in [7, 11) is 2.04. The van der Waals surface area contributed by atoms with Gasteiger partial charge in [-0.3, -0.25) is 0 Å². The minimum absolute atomic E-state index is 0.468. The fourth-order valence-electron chi connectivity index (χ4n) is 1.96. The van der Waals surface area contributed by atoms with Crippen LogP contribution in [-0.2, 0) is 0 Å². The monoisotopic (exact) mass is 228 g/mol. The van der Waals surface area contributed by atoms with E-state index in [1.807, 2.05) is 7.05 Å². The first-order chi connectivity index (χ1) is 6.81. The zero-order chi connectivity index (χ0) is 9.97. The minimum atomic E-state index is 0.468. The van der Waals surface area contributed by atoms with Gasteiger partial charge in [0.2, 0.25) is 0 Å². The molecule has 1 aliphatic rings. The maximum absolute atomic E-state index is 4.57. The molecular formula is C10H16N2S2. The van der Waals surface area contributed by atoms with Gasteiger partial charge in [0.1, 0.15) is 0 Å². The number of nitrogens with zero attached hydrogens (tertiary/aromatic N) is 1. The largest absolute Gasteiger partial charge is 0.311 e. The van der Waals surface area contributed by atoms with E-state index in [2.05, 4.69) is 34.4 Å². The molecule has 2 nitrogen and oxygen atoms in total. The molecule has 1 N–H and O–H groups in total. The number of rotatable bonds is 3. The van der Waals surface area contributed by atoms with Gasteiger partial charge in [0.05, 0.1) is 16.7 Å². The van der Waals surface area contributed by atoms with Crippen LogP contribution < -0.4 is 5.32 Å². The van der Waals surface area contributed by atoms with Gasteiger partial charge in [-0.25, -0.2) is 4.98 Å². The van der Waals surface area contributed by atoms with Gasteiger partial charge < -0.3 is 5.32 Å². The van der Waals surface area contributed by atoms with E-state index >= 15 is 0 Å². The first-order valence-electron chi connectivity index (χ1n) is 4.98. The molecule has 0 radical (unpaired) electrons. The summed E-state index contributed by atoms with van der Waals surface area (Å²) in [4.78, 5) is 4.57. The van der Waals surface area contributed by atoms with Crippen molar-refractivity contribution < 1.29 is 0 Å². The number of nitrogens with one attached hydrogen (secondary N) is 1. The van der Waals surface area contributed by atoms with Crippen molar-refractivity contribution in [3.05, 3.63) is 16.1 Å². The molecule has 4 heteroatoms. The molecular weight excluding hydrogens is 212 g/mol. The average Bonchev–Trinajstić information content (AvgIpc) is 2.79. The van der Waals surface area contributed by atoms with Crippen molar-refractivity contribution in [3.8, 4) is 0 Å². The molecule has 2 heterocycles. The summed E-state index contributed by atoms with van der Waals surface area (Å²) >= 11 is 3.81. The number of aryl methyl sites for hydroxylation is 1. The molecule has 1 aromatic heterocycles. The molecule has 1 aromatic rings. The Kier molecular flexibility index (Phi) is 3.47. The quantitative estimate of drug-likeness (QED) is 0.860. The smallest absolute Gasteiger partial charge is 0.0898 e. The third-order valence-corrected chi connectivity index (χ3v) is 4.68. The lowest BCUT2D eigenvalue weighted by Crippen LogP contribution is -2.25. The minimum Gasteiger partial charge on any atom is -0.311 e.